The maximum atomic E-state index is 13.4. The molecule has 0 unspecified atom stereocenters. The minimum Gasteiger partial charge on any atom is -0.454 e. The molecule has 2 aliphatic rings. The molecule has 0 saturated carbocycles. The van der Waals surface area contributed by atoms with E-state index in [1.54, 1.807) is 49.4 Å². The molecular formula is C24H22N2O5S. The van der Waals surface area contributed by atoms with Gasteiger partial charge in [-0.3, -0.25) is 4.79 Å². The number of aryl methyl sites for hydroxylation is 1. The van der Waals surface area contributed by atoms with Gasteiger partial charge in [0.15, 0.2) is 11.5 Å². The molecule has 32 heavy (non-hydrogen) atoms. The van der Waals surface area contributed by atoms with E-state index in [9.17, 15) is 13.2 Å². The molecular weight excluding hydrogens is 428 g/mol. The summed E-state index contributed by atoms with van der Waals surface area (Å²) in [4.78, 5) is 13.4. The van der Waals surface area contributed by atoms with Crippen LogP contribution in [0.5, 0.6) is 11.5 Å². The Morgan fingerprint density at radius 3 is 2.50 bits per heavy atom. The van der Waals surface area contributed by atoms with Crippen molar-refractivity contribution in [2.45, 2.75) is 30.2 Å². The Hall–Kier alpha value is -3.36. The lowest BCUT2D eigenvalue weighted by Gasteiger charge is -2.33. The topological polar surface area (TPSA) is 93.7 Å². The van der Waals surface area contributed by atoms with Crippen molar-refractivity contribution in [1.29, 1.82) is 0 Å². The summed E-state index contributed by atoms with van der Waals surface area (Å²) in [5.74, 6) is 0.806. The van der Waals surface area contributed by atoms with Crippen molar-refractivity contribution < 1.29 is 22.7 Å². The van der Waals surface area contributed by atoms with Gasteiger partial charge in [0, 0.05) is 5.69 Å². The van der Waals surface area contributed by atoms with Crippen LogP contribution in [-0.2, 0) is 20.2 Å². The summed E-state index contributed by atoms with van der Waals surface area (Å²) < 4.78 is 40.5. The number of hydrogen-bond donors (Lipinski definition) is 2. The zero-order valence-corrected chi connectivity index (χ0v) is 18.4. The van der Waals surface area contributed by atoms with E-state index >= 15 is 0 Å². The van der Waals surface area contributed by atoms with Crippen molar-refractivity contribution in [1.82, 2.24) is 4.72 Å². The van der Waals surface area contributed by atoms with Crippen LogP contribution in [0, 0.1) is 6.92 Å². The number of amides is 1. The van der Waals surface area contributed by atoms with Crippen LogP contribution in [0.3, 0.4) is 0 Å². The third kappa shape index (κ3) is 3.23. The number of ether oxygens (including phenoxy) is 2. The van der Waals surface area contributed by atoms with Crippen molar-refractivity contribution in [3.05, 3.63) is 83.4 Å². The number of benzene rings is 3. The number of hydrogen-bond acceptors (Lipinski definition) is 5. The van der Waals surface area contributed by atoms with Crippen molar-refractivity contribution in [2.24, 2.45) is 0 Å². The largest absolute Gasteiger partial charge is 0.454 e. The Morgan fingerprint density at radius 2 is 1.72 bits per heavy atom. The molecule has 8 heteroatoms. The Bertz CT molecular complexity index is 1320. The highest BCUT2D eigenvalue weighted by Crippen LogP contribution is 2.47. The van der Waals surface area contributed by atoms with Crippen LogP contribution >= 0.6 is 0 Å². The summed E-state index contributed by atoms with van der Waals surface area (Å²) in [5.41, 5.74) is 1.74. The van der Waals surface area contributed by atoms with Crippen LogP contribution in [0.4, 0.5) is 5.69 Å². The van der Waals surface area contributed by atoms with Crippen LogP contribution < -0.4 is 19.5 Å². The van der Waals surface area contributed by atoms with E-state index in [4.69, 9.17) is 9.47 Å². The van der Waals surface area contributed by atoms with Gasteiger partial charge in [0.2, 0.25) is 22.7 Å². The molecule has 7 nitrogen and oxygen atoms in total. The highest BCUT2D eigenvalue weighted by molar-refractivity contribution is 7.89. The minimum absolute atomic E-state index is 0.0964. The second-order valence-electron chi connectivity index (χ2n) is 8.18. The van der Waals surface area contributed by atoms with Crippen molar-refractivity contribution >= 4 is 21.6 Å². The van der Waals surface area contributed by atoms with Gasteiger partial charge in [-0.2, -0.15) is 0 Å². The number of anilines is 1. The molecule has 0 bridgehead atoms. The summed E-state index contributed by atoms with van der Waals surface area (Å²) in [7, 11) is -3.94. The fourth-order valence-corrected chi connectivity index (χ4v) is 5.57. The summed E-state index contributed by atoms with van der Waals surface area (Å²) in [6, 6.07) is 18.2. The van der Waals surface area contributed by atoms with Crippen LogP contribution in [-0.4, -0.2) is 21.1 Å². The van der Waals surface area contributed by atoms with Gasteiger partial charge in [-0.25, -0.2) is 13.1 Å². The monoisotopic (exact) mass is 450 g/mol. The normalized spacial score (nSPS) is 20.0. The first kappa shape index (κ1) is 20.5. The second-order valence-corrected chi connectivity index (χ2v) is 9.90. The van der Waals surface area contributed by atoms with E-state index in [2.05, 4.69) is 10.0 Å². The fourth-order valence-electron chi connectivity index (χ4n) is 4.26. The van der Waals surface area contributed by atoms with Gasteiger partial charge in [0.05, 0.1) is 16.4 Å². The van der Waals surface area contributed by atoms with Crippen LogP contribution in [0.2, 0.25) is 0 Å². The third-order valence-corrected chi connectivity index (χ3v) is 7.56. The SMILES string of the molecule is Cc1ccc(S(=O)(=O)N[C@@H](c2ccc3c(c2)OCO3)[C@@]2(C)C(=O)Nc3ccccc32)cc1. The quantitative estimate of drug-likeness (QED) is 0.619. The summed E-state index contributed by atoms with van der Waals surface area (Å²) >= 11 is 0. The average Bonchev–Trinajstić information content (AvgIpc) is 3.35. The van der Waals surface area contributed by atoms with E-state index < -0.39 is 21.5 Å². The maximum Gasteiger partial charge on any atom is 0.241 e. The molecule has 3 aromatic carbocycles. The molecule has 0 saturated heterocycles. The van der Waals surface area contributed by atoms with E-state index in [0.29, 0.717) is 22.7 Å². The standard InChI is InChI=1S/C24H22N2O5S/c1-15-7-10-17(11-8-15)32(28,29)26-22(16-9-12-20-21(13-16)31-14-30-20)24(2)18-5-3-4-6-19(18)25-23(24)27/h3-13,22,26H,14H2,1-2H3,(H,25,27)/t22-,24-/m0/s1. The van der Waals surface area contributed by atoms with Gasteiger partial charge in [-0.1, -0.05) is 42.0 Å². The number of rotatable bonds is 5. The molecule has 0 aromatic heterocycles. The average molecular weight is 451 g/mol. The van der Waals surface area contributed by atoms with Gasteiger partial charge >= 0.3 is 0 Å². The Kier molecular flexibility index (Phi) is 4.72. The Labute approximate surface area is 186 Å². The van der Waals surface area contributed by atoms with E-state index in [0.717, 1.165) is 11.1 Å². The molecule has 164 valence electrons. The number of sulfonamides is 1. The molecule has 2 heterocycles. The van der Waals surface area contributed by atoms with Crippen LogP contribution in [0.1, 0.15) is 29.7 Å². The Morgan fingerprint density at radius 1 is 1.00 bits per heavy atom. The third-order valence-electron chi connectivity index (χ3n) is 6.12. The lowest BCUT2D eigenvalue weighted by Crippen LogP contribution is -2.46. The molecule has 2 N–H and O–H groups in total. The fraction of sp³-hybridized carbons (Fsp3) is 0.208. The molecule has 1 amide bonds. The zero-order valence-electron chi connectivity index (χ0n) is 17.6. The van der Waals surface area contributed by atoms with Gasteiger partial charge in [-0.05, 0) is 55.3 Å². The molecule has 0 aliphatic carbocycles. The van der Waals surface area contributed by atoms with Gasteiger partial charge in [-0.15, -0.1) is 0 Å². The lowest BCUT2D eigenvalue weighted by atomic mass is 9.74. The highest BCUT2D eigenvalue weighted by atomic mass is 32.2. The van der Waals surface area contributed by atoms with Crippen LogP contribution in [0.15, 0.2) is 71.6 Å². The highest BCUT2D eigenvalue weighted by Gasteiger charge is 2.50. The van der Waals surface area contributed by atoms with Crippen molar-refractivity contribution in [3.8, 4) is 11.5 Å². The summed E-state index contributed by atoms with van der Waals surface area (Å²) in [5, 5.41) is 2.89. The smallest absolute Gasteiger partial charge is 0.241 e. The molecule has 5 rings (SSSR count). The Balaban J connectivity index is 1.65. The van der Waals surface area contributed by atoms with Gasteiger partial charge in [0.1, 0.15) is 0 Å². The number of carbonyl (C=O) groups excluding carboxylic acids is 1. The molecule has 0 fully saturated rings. The number of carbonyl (C=O) groups is 1. The summed E-state index contributed by atoms with van der Waals surface area (Å²) in [6.07, 6.45) is 0. The summed E-state index contributed by atoms with van der Waals surface area (Å²) in [6.45, 7) is 3.74. The number of fused-ring (bicyclic) bond motifs is 2. The minimum atomic E-state index is -3.94. The van der Waals surface area contributed by atoms with Crippen LogP contribution in [0.25, 0.3) is 0 Å². The van der Waals surface area contributed by atoms with Crippen molar-refractivity contribution in [2.75, 3.05) is 12.1 Å². The van der Waals surface area contributed by atoms with Gasteiger partial charge < -0.3 is 14.8 Å². The second kappa shape index (κ2) is 7.36. The number of para-hydroxylation sites is 1. The first-order valence-corrected chi connectivity index (χ1v) is 11.7. The number of nitrogens with one attached hydrogen (secondary N) is 2. The van der Waals surface area contributed by atoms with Crippen molar-refractivity contribution in [3.63, 3.8) is 0 Å². The van der Waals surface area contributed by atoms with Gasteiger partial charge in [0.25, 0.3) is 0 Å². The lowest BCUT2D eigenvalue weighted by molar-refractivity contribution is -0.121. The molecule has 0 spiro atoms. The predicted octanol–water partition coefficient (Wildman–Crippen LogP) is 3.65. The molecule has 2 atom stereocenters. The zero-order chi connectivity index (χ0) is 22.5. The van der Waals surface area contributed by atoms with E-state index in [-0.39, 0.29) is 17.6 Å². The predicted molar refractivity (Wildman–Crippen MR) is 119 cm³/mol. The molecule has 0 radical (unpaired) electrons. The maximum absolute atomic E-state index is 13.4. The molecule has 3 aromatic rings. The van der Waals surface area contributed by atoms with E-state index in [1.165, 1.54) is 0 Å². The first-order valence-electron chi connectivity index (χ1n) is 10.2. The molecule has 2 aliphatic heterocycles. The van der Waals surface area contributed by atoms with E-state index in [1.807, 2.05) is 31.2 Å². The first-order chi connectivity index (χ1) is 15.3.